The molecule has 0 fully saturated rings. The standard InChI is InChI=1S/C22H20Cl2N6O2/c1-14-3-4-15(2)20(9-14)32-13-29-8-7-19(27-29)21(31)26-22-25-12-30(28-22)11-16-5-6-17(23)18(24)10-16/h3-10,12H,11,13H2,1-2H3,(H,26,28,31). The van der Waals surface area contributed by atoms with Crippen molar-refractivity contribution >= 4 is 35.1 Å². The zero-order chi connectivity index (χ0) is 22.7. The van der Waals surface area contributed by atoms with Gasteiger partial charge in [0.15, 0.2) is 12.4 Å². The first-order valence-corrected chi connectivity index (χ1v) is 10.5. The summed E-state index contributed by atoms with van der Waals surface area (Å²) in [6.07, 6.45) is 3.20. The Morgan fingerprint density at radius 2 is 1.88 bits per heavy atom. The summed E-state index contributed by atoms with van der Waals surface area (Å²) in [5, 5.41) is 12.1. The Labute approximate surface area is 194 Å². The largest absolute Gasteiger partial charge is 0.471 e. The van der Waals surface area contributed by atoms with E-state index in [4.69, 9.17) is 27.9 Å². The van der Waals surface area contributed by atoms with E-state index in [1.54, 1.807) is 33.8 Å². The minimum absolute atomic E-state index is 0.177. The number of anilines is 1. The second kappa shape index (κ2) is 9.42. The molecule has 0 saturated carbocycles. The molecule has 0 unspecified atom stereocenters. The normalized spacial score (nSPS) is 10.9. The van der Waals surface area contributed by atoms with Gasteiger partial charge in [0, 0.05) is 6.20 Å². The third kappa shape index (κ3) is 5.27. The molecule has 0 aliphatic rings. The fraction of sp³-hybridized carbons (Fsp3) is 0.182. The van der Waals surface area contributed by atoms with Crippen LogP contribution >= 0.6 is 23.2 Å². The molecule has 0 radical (unpaired) electrons. The molecule has 1 N–H and O–H groups in total. The summed E-state index contributed by atoms with van der Waals surface area (Å²) in [4.78, 5) is 16.6. The molecule has 0 bridgehead atoms. The summed E-state index contributed by atoms with van der Waals surface area (Å²) >= 11 is 12.0. The number of carbonyl (C=O) groups excluding carboxylic acids is 1. The third-order valence-corrected chi connectivity index (χ3v) is 5.40. The van der Waals surface area contributed by atoms with E-state index in [9.17, 15) is 4.79 Å². The minimum Gasteiger partial charge on any atom is -0.471 e. The van der Waals surface area contributed by atoms with E-state index in [1.807, 2.05) is 38.1 Å². The number of benzene rings is 2. The van der Waals surface area contributed by atoms with Crippen LogP contribution in [0.3, 0.4) is 0 Å². The van der Waals surface area contributed by atoms with Gasteiger partial charge in [-0.2, -0.15) is 5.10 Å². The lowest BCUT2D eigenvalue weighted by molar-refractivity contribution is 0.101. The number of aryl methyl sites for hydroxylation is 2. The highest BCUT2D eigenvalue weighted by atomic mass is 35.5. The maximum Gasteiger partial charge on any atom is 0.278 e. The van der Waals surface area contributed by atoms with Crippen molar-refractivity contribution in [1.29, 1.82) is 0 Å². The van der Waals surface area contributed by atoms with E-state index in [0.717, 1.165) is 22.4 Å². The Kier molecular flexibility index (Phi) is 6.43. The number of halogens is 2. The van der Waals surface area contributed by atoms with Gasteiger partial charge in [-0.3, -0.25) is 10.1 Å². The molecule has 4 aromatic rings. The molecule has 0 spiro atoms. The van der Waals surface area contributed by atoms with Gasteiger partial charge < -0.3 is 4.74 Å². The molecule has 8 nitrogen and oxygen atoms in total. The lowest BCUT2D eigenvalue weighted by Gasteiger charge is -2.09. The van der Waals surface area contributed by atoms with Gasteiger partial charge in [0.2, 0.25) is 5.95 Å². The van der Waals surface area contributed by atoms with Crippen molar-refractivity contribution in [2.75, 3.05) is 5.32 Å². The summed E-state index contributed by atoms with van der Waals surface area (Å²) in [6, 6.07) is 12.9. The van der Waals surface area contributed by atoms with E-state index in [1.165, 1.54) is 6.33 Å². The quantitative estimate of drug-likeness (QED) is 0.421. The van der Waals surface area contributed by atoms with Crippen molar-refractivity contribution in [2.45, 2.75) is 27.1 Å². The van der Waals surface area contributed by atoms with Gasteiger partial charge in [-0.1, -0.05) is 41.4 Å². The topological polar surface area (TPSA) is 86.9 Å². The minimum atomic E-state index is -0.414. The number of rotatable bonds is 7. The van der Waals surface area contributed by atoms with Gasteiger partial charge in [0.05, 0.1) is 16.6 Å². The van der Waals surface area contributed by atoms with Crippen LogP contribution in [0.15, 0.2) is 55.0 Å². The molecular formula is C22H20Cl2N6O2. The number of aromatic nitrogens is 5. The maximum atomic E-state index is 12.5. The molecule has 10 heteroatoms. The highest BCUT2D eigenvalue weighted by molar-refractivity contribution is 6.42. The summed E-state index contributed by atoms with van der Waals surface area (Å²) < 4.78 is 8.95. The zero-order valence-electron chi connectivity index (χ0n) is 17.4. The molecule has 2 aromatic heterocycles. The average Bonchev–Trinajstić information content (AvgIpc) is 3.41. The summed E-state index contributed by atoms with van der Waals surface area (Å²) in [5.41, 5.74) is 3.28. The highest BCUT2D eigenvalue weighted by Crippen LogP contribution is 2.23. The van der Waals surface area contributed by atoms with Crippen LogP contribution in [0.1, 0.15) is 27.2 Å². The van der Waals surface area contributed by atoms with E-state index in [0.29, 0.717) is 16.6 Å². The molecule has 32 heavy (non-hydrogen) atoms. The maximum absolute atomic E-state index is 12.5. The first-order valence-electron chi connectivity index (χ1n) is 9.75. The lowest BCUT2D eigenvalue weighted by Crippen LogP contribution is -2.15. The van der Waals surface area contributed by atoms with Gasteiger partial charge in [0.25, 0.3) is 5.91 Å². The Morgan fingerprint density at radius 3 is 2.69 bits per heavy atom. The van der Waals surface area contributed by atoms with Gasteiger partial charge in [-0.25, -0.2) is 14.3 Å². The molecule has 2 heterocycles. The van der Waals surface area contributed by atoms with Crippen molar-refractivity contribution in [3.05, 3.63) is 87.4 Å². The van der Waals surface area contributed by atoms with Gasteiger partial charge in [0.1, 0.15) is 12.1 Å². The monoisotopic (exact) mass is 470 g/mol. The molecule has 0 aliphatic heterocycles. The number of hydrogen-bond acceptors (Lipinski definition) is 5. The smallest absolute Gasteiger partial charge is 0.278 e. The van der Waals surface area contributed by atoms with Crippen LogP contribution in [0, 0.1) is 13.8 Å². The highest BCUT2D eigenvalue weighted by Gasteiger charge is 2.13. The predicted octanol–water partition coefficient (Wildman–Crippen LogP) is 4.74. The van der Waals surface area contributed by atoms with Crippen LogP contribution in [-0.4, -0.2) is 30.5 Å². The number of hydrogen-bond donors (Lipinski definition) is 1. The van der Waals surface area contributed by atoms with E-state index in [-0.39, 0.29) is 18.4 Å². The van der Waals surface area contributed by atoms with Crippen molar-refractivity contribution in [3.8, 4) is 5.75 Å². The molecule has 4 rings (SSSR count). The van der Waals surface area contributed by atoms with Gasteiger partial charge in [-0.15, -0.1) is 5.10 Å². The molecular weight excluding hydrogens is 451 g/mol. The second-order valence-corrected chi connectivity index (χ2v) is 8.07. The summed E-state index contributed by atoms with van der Waals surface area (Å²) in [6.45, 7) is 4.60. The molecule has 0 aliphatic carbocycles. The summed E-state index contributed by atoms with van der Waals surface area (Å²) in [7, 11) is 0. The Balaban J connectivity index is 1.35. The number of ether oxygens (including phenoxy) is 1. The van der Waals surface area contributed by atoms with E-state index >= 15 is 0 Å². The number of amides is 1. The van der Waals surface area contributed by atoms with Gasteiger partial charge in [-0.05, 0) is 54.8 Å². The van der Waals surface area contributed by atoms with Crippen LogP contribution in [0.5, 0.6) is 5.75 Å². The van der Waals surface area contributed by atoms with Crippen molar-refractivity contribution in [3.63, 3.8) is 0 Å². The van der Waals surface area contributed by atoms with Crippen molar-refractivity contribution in [1.82, 2.24) is 24.5 Å². The summed E-state index contributed by atoms with van der Waals surface area (Å²) in [5.74, 6) is 0.544. The fourth-order valence-corrected chi connectivity index (χ4v) is 3.29. The Hall–Kier alpha value is -3.36. The fourth-order valence-electron chi connectivity index (χ4n) is 2.97. The number of carbonyl (C=O) groups is 1. The van der Waals surface area contributed by atoms with Crippen LogP contribution in [-0.2, 0) is 13.3 Å². The second-order valence-electron chi connectivity index (χ2n) is 7.25. The molecule has 1 amide bonds. The van der Waals surface area contributed by atoms with Crippen LogP contribution < -0.4 is 10.1 Å². The van der Waals surface area contributed by atoms with Crippen LogP contribution in [0.25, 0.3) is 0 Å². The van der Waals surface area contributed by atoms with Crippen molar-refractivity contribution < 1.29 is 9.53 Å². The predicted molar refractivity (Wildman–Crippen MR) is 122 cm³/mol. The third-order valence-electron chi connectivity index (χ3n) is 4.66. The Morgan fingerprint density at radius 1 is 1.03 bits per heavy atom. The number of nitrogens with one attached hydrogen (secondary N) is 1. The average molecular weight is 471 g/mol. The van der Waals surface area contributed by atoms with Crippen molar-refractivity contribution in [2.24, 2.45) is 0 Å². The lowest BCUT2D eigenvalue weighted by atomic mass is 10.1. The van der Waals surface area contributed by atoms with Crippen LogP contribution in [0.4, 0.5) is 5.95 Å². The number of nitrogens with zero attached hydrogens (tertiary/aromatic N) is 5. The first-order chi connectivity index (χ1) is 15.4. The van der Waals surface area contributed by atoms with Gasteiger partial charge >= 0.3 is 0 Å². The molecule has 2 aromatic carbocycles. The van der Waals surface area contributed by atoms with Crippen LogP contribution in [0.2, 0.25) is 10.0 Å². The SMILES string of the molecule is Cc1ccc(C)c(OCn2ccc(C(=O)Nc3ncn(Cc4ccc(Cl)c(Cl)c4)n3)n2)c1. The van der Waals surface area contributed by atoms with E-state index in [2.05, 4.69) is 20.5 Å². The Bertz CT molecular complexity index is 1270. The molecule has 164 valence electrons. The van der Waals surface area contributed by atoms with E-state index < -0.39 is 5.91 Å². The first kappa shape index (κ1) is 21.9. The molecule has 0 atom stereocenters. The zero-order valence-corrected chi connectivity index (χ0v) is 18.9. The molecule has 0 saturated heterocycles.